The third-order valence-electron chi connectivity index (χ3n) is 2.24. The van der Waals surface area contributed by atoms with Crippen molar-refractivity contribution in [3.05, 3.63) is 23.8 Å². The molecule has 0 heterocycles. The van der Waals surface area contributed by atoms with Gasteiger partial charge in [0.15, 0.2) is 0 Å². The molecular weight excluding hydrogens is 144 g/mol. The summed E-state index contributed by atoms with van der Waals surface area (Å²) < 4.78 is 0. The molecule has 0 aliphatic rings. The molecule has 0 fully saturated rings. The van der Waals surface area contributed by atoms with Gasteiger partial charge in [0.1, 0.15) is 0 Å². The van der Waals surface area contributed by atoms with Crippen LogP contribution in [0.25, 0.3) is 0 Å². The monoisotopic (exact) mass is 166 g/mol. The molecule has 0 nitrogen and oxygen atoms in total. The van der Waals surface area contributed by atoms with Crippen LogP contribution in [0.2, 0.25) is 0 Å². The Bertz CT molecular complexity index is 163. The summed E-state index contributed by atoms with van der Waals surface area (Å²) in [4.78, 5) is 0. The highest BCUT2D eigenvalue weighted by Crippen LogP contribution is 2.17. The van der Waals surface area contributed by atoms with E-state index in [4.69, 9.17) is 0 Å². The third kappa shape index (κ3) is 5.17. The maximum absolute atomic E-state index is 3.88. The van der Waals surface area contributed by atoms with Crippen molar-refractivity contribution < 1.29 is 0 Å². The van der Waals surface area contributed by atoms with Crippen LogP contribution in [0.3, 0.4) is 0 Å². The SMILES string of the molecule is C=C(C)/C=C(\C)C(C)CCCC. The first-order valence-electron chi connectivity index (χ1n) is 4.91. The molecule has 0 bridgehead atoms. The molecule has 0 aliphatic carbocycles. The Morgan fingerprint density at radius 3 is 2.42 bits per heavy atom. The lowest BCUT2D eigenvalue weighted by atomic mass is 9.95. The lowest BCUT2D eigenvalue weighted by Gasteiger charge is -2.11. The fraction of sp³-hybridized carbons (Fsp3) is 0.667. The van der Waals surface area contributed by atoms with E-state index in [1.165, 1.54) is 24.8 Å². The third-order valence-corrected chi connectivity index (χ3v) is 2.24. The van der Waals surface area contributed by atoms with E-state index < -0.39 is 0 Å². The average molecular weight is 166 g/mol. The predicted octanol–water partition coefficient (Wildman–Crippen LogP) is 4.34. The van der Waals surface area contributed by atoms with Gasteiger partial charge in [0.25, 0.3) is 0 Å². The van der Waals surface area contributed by atoms with Gasteiger partial charge in [-0.2, -0.15) is 0 Å². The van der Waals surface area contributed by atoms with Gasteiger partial charge in [-0.15, -0.1) is 0 Å². The highest BCUT2D eigenvalue weighted by Gasteiger charge is 2.02. The number of allylic oxidation sites excluding steroid dienone is 3. The summed E-state index contributed by atoms with van der Waals surface area (Å²) in [7, 11) is 0. The van der Waals surface area contributed by atoms with Crippen molar-refractivity contribution in [1.82, 2.24) is 0 Å². The Morgan fingerprint density at radius 2 is 2.00 bits per heavy atom. The average Bonchev–Trinajstić information content (AvgIpc) is 1.98. The van der Waals surface area contributed by atoms with Gasteiger partial charge < -0.3 is 0 Å². The van der Waals surface area contributed by atoms with Gasteiger partial charge in [-0.1, -0.05) is 50.5 Å². The molecule has 1 atom stereocenters. The summed E-state index contributed by atoms with van der Waals surface area (Å²) >= 11 is 0. The first kappa shape index (κ1) is 11.5. The number of hydrogen-bond acceptors (Lipinski definition) is 0. The Morgan fingerprint density at radius 1 is 1.42 bits per heavy atom. The van der Waals surface area contributed by atoms with Crippen molar-refractivity contribution in [2.45, 2.75) is 47.0 Å². The van der Waals surface area contributed by atoms with Gasteiger partial charge >= 0.3 is 0 Å². The molecule has 0 aromatic heterocycles. The van der Waals surface area contributed by atoms with E-state index >= 15 is 0 Å². The van der Waals surface area contributed by atoms with E-state index in [1.54, 1.807) is 0 Å². The van der Waals surface area contributed by atoms with Crippen LogP contribution >= 0.6 is 0 Å². The van der Waals surface area contributed by atoms with Gasteiger partial charge in [-0.05, 0) is 26.2 Å². The smallest absolute Gasteiger partial charge is 0.0231 e. The van der Waals surface area contributed by atoms with Crippen LogP contribution < -0.4 is 0 Å². The Hall–Kier alpha value is -0.520. The van der Waals surface area contributed by atoms with E-state index in [1.807, 2.05) is 0 Å². The molecule has 0 heteroatoms. The Kier molecular flexibility index (Phi) is 5.79. The van der Waals surface area contributed by atoms with Crippen molar-refractivity contribution in [3.8, 4) is 0 Å². The second kappa shape index (κ2) is 6.05. The summed E-state index contributed by atoms with van der Waals surface area (Å²) in [6.07, 6.45) is 6.14. The van der Waals surface area contributed by atoms with Crippen LogP contribution in [-0.4, -0.2) is 0 Å². The maximum Gasteiger partial charge on any atom is -0.0231 e. The fourth-order valence-electron chi connectivity index (χ4n) is 1.27. The Balaban J connectivity index is 3.91. The van der Waals surface area contributed by atoms with Gasteiger partial charge in [-0.25, -0.2) is 0 Å². The quantitative estimate of drug-likeness (QED) is 0.533. The van der Waals surface area contributed by atoms with Gasteiger partial charge in [0.05, 0.1) is 0 Å². The van der Waals surface area contributed by atoms with Crippen molar-refractivity contribution in [2.75, 3.05) is 0 Å². The van der Waals surface area contributed by atoms with Gasteiger partial charge in [0, 0.05) is 0 Å². The second-order valence-corrected chi connectivity index (χ2v) is 3.78. The minimum atomic E-state index is 0.724. The van der Waals surface area contributed by atoms with Crippen molar-refractivity contribution >= 4 is 0 Å². The molecule has 12 heavy (non-hydrogen) atoms. The van der Waals surface area contributed by atoms with Crippen LogP contribution in [0.4, 0.5) is 0 Å². The molecule has 0 spiro atoms. The van der Waals surface area contributed by atoms with Crippen LogP contribution in [0.1, 0.15) is 47.0 Å². The highest BCUT2D eigenvalue weighted by molar-refractivity contribution is 5.18. The summed E-state index contributed by atoms with van der Waals surface area (Å²) in [5.74, 6) is 0.724. The lowest BCUT2D eigenvalue weighted by molar-refractivity contribution is 0.572. The molecule has 70 valence electrons. The number of unbranched alkanes of at least 4 members (excludes halogenated alkanes) is 1. The van der Waals surface area contributed by atoms with E-state index in [2.05, 4.69) is 40.3 Å². The number of rotatable bonds is 5. The summed E-state index contributed by atoms with van der Waals surface area (Å²) in [5, 5.41) is 0. The van der Waals surface area contributed by atoms with E-state index in [-0.39, 0.29) is 0 Å². The molecule has 0 saturated heterocycles. The van der Waals surface area contributed by atoms with Gasteiger partial charge in [-0.3, -0.25) is 0 Å². The standard InChI is InChI=1S/C12H22/c1-6-7-8-11(4)12(5)9-10(2)3/h9,11H,2,6-8H2,1,3-5H3/b12-9+. The summed E-state index contributed by atoms with van der Waals surface area (Å²) in [5.41, 5.74) is 2.63. The summed E-state index contributed by atoms with van der Waals surface area (Å²) in [6.45, 7) is 12.7. The van der Waals surface area contributed by atoms with Crippen LogP contribution in [0.15, 0.2) is 23.8 Å². The topological polar surface area (TPSA) is 0 Å². The molecular formula is C12H22. The van der Waals surface area contributed by atoms with Crippen LogP contribution in [0.5, 0.6) is 0 Å². The molecule has 0 aromatic carbocycles. The summed E-state index contributed by atoms with van der Waals surface area (Å²) in [6, 6.07) is 0. The lowest BCUT2D eigenvalue weighted by Crippen LogP contribution is -1.96. The first-order chi connectivity index (χ1) is 5.57. The van der Waals surface area contributed by atoms with Crippen molar-refractivity contribution in [2.24, 2.45) is 5.92 Å². The molecule has 0 rings (SSSR count). The zero-order valence-corrected chi connectivity index (χ0v) is 8.98. The van der Waals surface area contributed by atoms with Crippen LogP contribution in [-0.2, 0) is 0 Å². The van der Waals surface area contributed by atoms with E-state index in [0.29, 0.717) is 0 Å². The first-order valence-corrected chi connectivity index (χ1v) is 4.91. The minimum Gasteiger partial charge on any atom is -0.0961 e. The normalized spacial score (nSPS) is 14.5. The maximum atomic E-state index is 3.88. The van der Waals surface area contributed by atoms with E-state index in [0.717, 1.165) is 11.5 Å². The molecule has 0 aliphatic heterocycles. The van der Waals surface area contributed by atoms with Gasteiger partial charge in [0.2, 0.25) is 0 Å². The molecule has 0 saturated carbocycles. The van der Waals surface area contributed by atoms with Crippen molar-refractivity contribution in [3.63, 3.8) is 0 Å². The molecule has 0 amide bonds. The van der Waals surface area contributed by atoms with Crippen molar-refractivity contribution in [1.29, 1.82) is 0 Å². The number of hydrogen-bond donors (Lipinski definition) is 0. The molecule has 0 N–H and O–H groups in total. The van der Waals surface area contributed by atoms with Crippen LogP contribution in [0, 0.1) is 5.92 Å². The molecule has 1 unspecified atom stereocenters. The second-order valence-electron chi connectivity index (χ2n) is 3.78. The fourth-order valence-corrected chi connectivity index (χ4v) is 1.27. The zero-order valence-electron chi connectivity index (χ0n) is 8.98. The Labute approximate surface area is 77.4 Å². The minimum absolute atomic E-state index is 0.724. The predicted molar refractivity (Wildman–Crippen MR) is 57.3 cm³/mol. The molecule has 0 aromatic rings. The highest BCUT2D eigenvalue weighted by atomic mass is 14.1. The zero-order chi connectivity index (χ0) is 9.56. The van der Waals surface area contributed by atoms with E-state index in [9.17, 15) is 0 Å². The molecule has 0 radical (unpaired) electrons. The largest absolute Gasteiger partial charge is 0.0961 e.